The molecule has 2 rings (SSSR count). The van der Waals surface area contributed by atoms with E-state index in [1.165, 1.54) is 0 Å². The van der Waals surface area contributed by atoms with Crippen molar-refractivity contribution < 1.29 is 9.59 Å². The first kappa shape index (κ1) is 11.8. The van der Waals surface area contributed by atoms with E-state index >= 15 is 0 Å². The maximum absolute atomic E-state index is 12.0. The van der Waals surface area contributed by atoms with E-state index in [9.17, 15) is 9.59 Å². The highest BCUT2D eigenvalue weighted by Gasteiger charge is 2.29. The number of hydrogen-bond donors (Lipinski definition) is 1. The van der Waals surface area contributed by atoms with Crippen LogP contribution in [0.4, 0.5) is 5.69 Å². The molecule has 3 nitrogen and oxygen atoms in total. The maximum atomic E-state index is 12.0. The normalized spacial score (nSPS) is 23.4. The Kier molecular flexibility index (Phi) is 3.57. The van der Waals surface area contributed by atoms with Crippen LogP contribution in [0.3, 0.4) is 0 Å². The number of rotatable bonds is 3. The van der Waals surface area contributed by atoms with Crippen molar-refractivity contribution in [3.63, 3.8) is 0 Å². The SMILES string of the molecule is CC1CCCC1C(=O)Nc1cccc(C=O)c1. The number of hydrogen-bond acceptors (Lipinski definition) is 2. The van der Waals surface area contributed by atoms with Crippen molar-refractivity contribution in [3.05, 3.63) is 29.8 Å². The molecule has 1 aliphatic rings. The van der Waals surface area contributed by atoms with Crippen LogP contribution < -0.4 is 5.32 Å². The summed E-state index contributed by atoms with van der Waals surface area (Å²) in [5, 5.41) is 2.89. The van der Waals surface area contributed by atoms with Gasteiger partial charge in [-0.05, 0) is 30.9 Å². The Morgan fingerprint density at radius 3 is 2.88 bits per heavy atom. The van der Waals surface area contributed by atoms with E-state index in [4.69, 9.17) is 0 Å². The zero-order chi connectivity index (χ0) is 12.3. The largest absolute Gasteiger partial charge is 0.326 e. The van der Waals surface area contributed by atoms with Crippen molar-refractivity contribution in [1.82, 2.24) is 0 Å². The van der Waals surface area contributed by atoms with Gasteiger partial charge in [-0.3, -0.25) is 9.59 Å². The van der Waals surface area contributed by atoms with Gasteiger partial charge in [0.05, 0.1) is 0 Å². The molecule has 0 radical (unpaired) electrons. The van der Waals surface area contributed by atoms with Crippen LogP contribution >= 0.6 is 0 Å². The van der Waals surface area contributed by atoms with E-state index in [2.05, 4.69) is 12.2 Å². The minimum Gasteiger partial charge on any atom is -0.326 e. The Labute approximate surface area is 101 Å². The minimum atomic E-state index is 0.0815. The first-order chi connectivity index (χ1) is 8.20. The Morgan fingerprint density at radius 2 is 2.24 bits per heavy atom. The predicted octanol–water partition coefficient (Wildman–Crippen LogP) is 2.87. The third kappa shape index (κ3) is 2.73. The molecule has 2 atom stereocenters. The standard InChI is InChI=1S/C14H17NO2/c1-10-4-2-7-13(10)14(17)15-12-6-3-5-11(8-12)9-16/h3,5-6,8-10,13H,2,4,7H2,1H3,(H,15,17). The molecule has 1 fully saturated rings. The lowest BCUT2D eigenvalue weighted by Crippen LogP contribution is -2.24. The molecule has 3 heteroatoms. The number of amides is 1. The fourth-order valence-electron chi connectivity index (χ4n) is 2.46. The molecule has 17 heavy (non-hydrogen) atoms. The second kappa shape index (κ2) is 5.13. The first-order valence-electron chi connectivity index (χ1n) is 6.07. The van der Waals surface area contributed by atoms with Gasteiger partial charge in [0, 0.05) is 17.2 Å². The lowest BCUT2D eigenvalue weighted by atomic mass is 9.97. The third-order valence-corrected chi connectivity index (χ3v) is 3.49. The van der Waals surface area contributed by atoms with E-state index in [1.54, 1.807) is 18.2 Å². The molecular weight excluding hydrogens is 214 g/mol. The fraction of sp³-hybridized carbons (Fsp3) is 0.429. The molecule has 1 amide bonds. The molecule has 0 bridgehead atoms. The minimum absolute atomic E-state index is 0.0815. The van der Waals surface area contributed by atoms with Gasteiger partial charge < -0.3 is 5.32 Å². The molecule has 1 aliphatic carbocycles. The molecule has 0 aromatic heterocycles. The smallest absolute Gasteiger partial charge is 0.227 e. The van der Waals surface area contributed by atoms with Gasteiger partial charge in [-0.2, -0.15) is 0 Å². The summed E-state index contributed by atoms with van der Waals surface area (Å²) >= 11 is 0. The fourth-order valence-corrected chi connectivity index (χ4v) is 2.46. The topological polar surface area (TPSA) is 46.2 Å². The van der Waals surface area contributed by atoms with Gasteiger partial charge in [0.25, 0.3) is 0 Å². The number of anilines is 1. The van der Waals surface area contributed by atoms with E-state index in [-0.39, 0.29) is 11.8 Å². The molecule has 1 saturated carbocycles. The van der Waals surface area contributed by atoms with Gasteiger partial charge in [-0.25, -0.2) is 0 Å². The van der Waals surface area contributed by atoms with Crippen molar-refractivity contribution in [1.29, 1.82) is 0 Å². The number of benzene rings is 1. The van der Waals surface area contributed by atoms with Gasteiger partial charge in [0.15, 0.2) is 0 Å². The Balaban J connectivity index is 2.04. The molecule has 0 aliphatic heterocycles. The Morgan fingerprint density at radius 1 is 1.41 bits per heavy atom. The predicted molar refractivity (Wildman–Crippen MR) is 67.0 cm³/mol. The summed E-state index contributed by atoms with van der Waals surface area (Å²) in [6.07, 6.45) is 4.02. The molecular formula is C14H17NO2. The third-order valence-electron chi connectivity index (χ3n) is 3.49. The Bertz CT molecular complexity index is 428. The highest BCUT2D eigenvalue weighted by molar-refractivity contribution is 5.93. The van der Waals surface area contributed by atoms with E-state index in [0.29, 0.717) is 17.2 Å². The summed E-state index contributed by atoms with van der Waals surface area (Å²) in [4.78, 5) is 22.7. The Hall–Kier alpha value is -1.64. The van der Waals surface area contributed by atoms with E-state index in [1.807, 2.05) is 6.07 Å². The van der Waals surface area contributed by atoms with Gasteiger partial charge in [-0.1, -0.05) is 25.5 Å². The summed E-state index contributed by atoms with van der Waals surface area (Å²) in [6.45, 7) is 2.12. The van der Waals surface area contributed by atoms with Crippen molar-refractivity contribution in [2.24, 2.45) is 11.8 Å². The van der Waals surface area contributed by atoms with Gasteiger partial charge >= 0.3 is 0 Å². The summed E-state index contributed by atoms with van der Waals surface area (Å²) in [5.41, 5.74) is 1.29. The summed E-state index contributed by atoms with van der Waals surface area (Å²) in [7, 11) is 0. The lowest BCUT2D eigenvalue weighted by Gasteiger charge is -2.15. The second-order valence-electron chi connectivity index (χ2n) is 4.75. The second-order valence-corrected chi connectivity index (χ2v) is 4.75. The highest BCUT2D eigenvalue weighted by Crippen LogP contribution is 2.32. The molecule has 1 aromatic rings. The number of nitrogens with one attached hydrogen (secondary N) is 1. The van der Waals surface area contributed by atoms with Crippen molar-refractivity contribution in [3.8, 4) is 0 Å². The van der Waals surface area contributed by atoms with E-state index < -0.39 is 0 Å². The van der Waals surface area contributed by atoms with E-state index in [0.717, 1.165) is 25.5 Å². The molecule has 2 unspecified atom stereocenters. The molecule has 1 N–H and O–H groups in total. The van der Waals surface area contributed by atoms with Crippen LogP contribution in [0.15, 0.2) is 24.3 Å². The zero-order valence-electron chi connectivity index (χ0n) is 9.98. The summed E-state index contributed by atoms with van der Waals surface area (Å²) in [5.74, 6) is 0.664. The van der Waals surface area contributed by atoms with Gasteiger partial charge in [0.2, 0.25) is 5.91 Å². The van der Waals surface area contributed by atoms with Crippen LogP contribution in [0.25, 0.3) is 0 Å². The summed E-state index contributed by atoms with van der Waals surface area (Å²) in [6, 6.07) is 7.01. The summed E-state index contributed by atoms with van der Waals surface area (Å²) < 4.78 is 0. The number of carbonyl (C=O) groups excluding carboxylic acids is 2. The van der Waals surface area contributed by atoms with Crippen LogP contribution in [-0.2, 0) is 4.79 Å². The van der Waals surface area contributed by atoms with Crippen LogP contribution in [0.2, 0.25) is 0 Å². The number of aldehydes is 1. The van der Waals surface area contributed by atoms with Crippen molar-refractivity contribution >= 4 is 17.9 Å². The zero-order valence-corrected chi connectivity index (χ0v) is 9.98. The van der Waals surface area contributed by atoms with Crippen molar-refractivity contribution in [2.45, 2.75) is 26.2 Å². The monoisotopic (exact) mass is 231 g/mol. The van der Waals surface area contributed by atoms with Crippen LogP contribution in [0.1, 0.15) is 36.5 Å². The lowest BCUT2D eigenvalue weighted by molar-refractivity contribution is -0.120. The molecule has 0 spiro atoms. The first-order valence-corrected chi connectivity index (χ1v) is 6.07. The van der Waals surface area contributed by atoms with Crippen LogP contribution in [-0.4, -0.2) is 12.2 Å². The van der Waals surface area contributed by atoms with Crippen molar-refractivity contribution in [2.75, 3.05) is 5.32 Å². The molecule has 0 saturated heterocycles. The molecule has 90 valence electrons. The number of carbonyl (C=O) groups is 2. The molecule has 1 aromatic carbocycles. The van der Waals surface area contributed by atoms with Gasteiger partial charge in [0.1, 0.15) is 6.29 Å². The van der Waals surface area contributed by atoms with Crippen LogP contribution in [0.5, 0.6) is 0 Å². The highest BCUT2D eigenvalue weighted by atomic mass is 16.2. The quantitative estimate of drug-likeness (QED) is 0.813. The molecule has 0 heterocycles. The average Bonchev–Trinajstić information content (AvgIpc) is 2.76. The maximum Gasteiger partial charge on any atom is 0.227 e. The van der Waals surface area contributed by atoms with Gasteiger partial charge in [-0.15, -0.1) is 0 Å². The average molecular weight is 231 g/mol. The van der Waals surface area contributed by atoms with Crippen LogP contribution in [0, 0.1) is 11.8 Å².